The van der Waals surface area contributed by atoms with E-state index in [1.54, 1.807) is 4.90 Å². The minimum atomic E-state index is -0.417. The van der Waals surface area contributed by atoms with E-state index in [9.17, 15) is 4.79 Å². The Balaban J connectivity index is 1.81. The van der Waals surface area contributed by atoms with Crippen molar-refractivity contribution in [2.45, 2.75) is 26.4 Å². The normalized spacial score (nSPS) is 20.9. The fourth-order valence-electron chi connectivity index (χ4n) is 1.92. The molecule has 18 heavy (non-hydrogen) atoms. The molecule has 0 unspecified atom stereocenters. The van der Waals surface area contributed by atoms with Gasteiger partial charge in [-0.15, -0.1) is 0 Å². The second kappa shape index (κ2) is 5.38. The highest BCUT2D eigenvalue weighted by molar-refractivity contribution is 8.14. The number of amidine groups is 1. The third kappa shape index (κ3) is 3.54. The Hall–Kier alpha value is -0.910. The minimum Gasteiger partial charge on any atom is -0.444 e. The van der Waals surface area contributed by atoms with Gasteiger partial charge in [-0.2, -0.15) is 0 Å². The molecular formula is C12H21N3O2S. The average Bonchev–Trinajstić information content (AvgIpc) is 2.80. The molecule has 2 aliphatic heterocycles. The number of aliphatic imine (C=N–C) groups is 1. The number of carbonyl (C=O) groups is 1. The summed E-state index contributed by atoms with van der Waals surface area (Å²) in [6, 6.07) is 0. The predicted molar refractivity (Wildman–Crippen MR) is 74.1 cm³/mol. The van der Waals surface area contributed by atoms with Gasteiger partial charge < -0.3 is 14.5 Å². The third-order valence-electron chi connectivity index (χ3n) is 2.77. The summed E-state index contributed by atoms with van der Waals surface area (Å²) in [5.41, 5.74) is -0.417. The Morgan fingerprint density at radius 3 is 2.44 bits per heavy atom. The molecule has 0 saturated carbocycles. The van der Waals surface area contributed by atoms with Crippen molar-refractivity contribution in [1.82, 2.24) is 9.80 Å². The molecule has 0 N–H and O–H groups in total. The second-order valence-electron chi connectivity index (χ2n) is 5.47. The fourth-order valence-corrected chi connectivity index (χ4v) is 2.83. The summed E-state index contributed by atoms with van der Waals surface area (Å²) in [5.74, 6) is 1.08. The average molecular weight is 271 g/mol. The quantitative estimate of drug-likeness (QED) is 0.672. The molecule has 102 valence electrons. The maximum Gasteiger partial charge on any atom is 0.410 e. The fraction of sp³-hybridized carbons (Fsp3) is 0.833. The summed E-state index contributed by atoms with van der Waals surface area (Å²) in [6.07, 6.45) is -0.205. The summed E-state index contributed by atoms with van der Waals surface area (Å²) in [4.78, 5) is 20.4. The summed E-state index contributed by atoms with van der Waals surface area (Å²) in [5, 5.41) is 1.14. The van der Waals surface area contributed by atoms with Crippen LogP contribution in [0.3, 0.4) is 0 Å². The number of thioether (sulfide) groups is 1. The zero-order valence-electron chi connectivity index (χ0n) is 11.3. The van der Waals surface area contributed by atoms with E-state index in [1.807, 2.05) is 32.5 Å². The molecule has 0 aromatic carbocycles. The standard InChI is InChI=1S/C12H21N3O2S/c1-12(2,3)17-11(16)15-7-5-14(6-8-15)10-13-4-9-18-10/h4-9H2,1-3H3. The number of nitrogens with zero attached hydrogens (tertiary/aromatic N) is 3. The van der Waals surface area contributed by atoms with Gasteiger partial charge in [0.2, 0.25) is 0 Å². The molecule has 6 heteroatoms. The van der Waals surface area contributed by atoms with Gasteiger partial charge in [0.15, 0.2) is 5.17 Å². The SMILES string of the molecule is CC(C)(C)OC(=O)N1CCN(C2=NCCS2)CC1. The first-order valence-corrected chi connectivity index (χ1v) is 7.34. The maximum atomic E-state index is 11.9. The first-order chi connectivity index (χ1) is 8.46. The first-order valence-electron chi connectivity index (χ1n) is 6.36. The van der Waals surface area contributed by atoms with Gasteiger partial charge in [0.25, 0.3) is 0 Å². The lowest BCUT2D eigenvalue weighted by atomic mass is 10.2. The van der Waals surface area contributed by atoms with Crippen molar-refractivity contribution in [3.05, 3.63) is 0 Å². The van der Waals surface area contributed by atoms with E-state index in [-0.39, 0.29) is 6.09 Å². The van der Waals surface area contributed by atoms with Crippen molar-refractivity contribution in [2.24, 2.45) is 4.99 Å². The van der Waals surface area contributed by atoms with E-state index >= 15 is 0 Å². The summed E-state index contributed by atoms with van der Waals surface area (Å²) >= 11 is 1.81. The van der Waals surface area contributed by atoms with Crippen molar-refractivity contribution in [3.63, 3.8) is 0 Å². The summed E-state index contributed by atoms with van der Waals surface area (Å²) in [7, 11) is 0. The van der Waals surface area contributed by atoms with Gasteiger partial charge in [0, 0.05) is 31.9 Å². The van der Waals surface area contributed by atoms with Gasteiger partial charge >= 0.3 is 6.09 Å². The third-order valence-corrected chi connectivity index (χ3v) is 3.80. The molecule has 1 amide bonds. The molecule has 1 fully saturated rings. The van der Waals surface area contributed by atoms with E-state index in [1.165, 1.54) is 0 Å². The Bertz CT molecular complexity index is 344. The number of ether oxygens (including phenoxy) is 1. The summed E-state index contributed by atoms with van der Waals surface area (Å²) in [6.45, 7) is 9.74. The van der Waals surface area contributed by atoms with E-state index in [2.05, 4.69) is 9.89 Å². The minimum absolute atomic E-state index is 0.205. The highest BCUT2D eigenvalue weighted by Gasteiger charge is 2.27. The molecule has 0 spiro atoms. The molecule has 2 rings (SSSR count). The van der Waals surface area contributed by atoms with Crippen LogP contribution in [-0.2, 0) is 4.74 Å². The zero-order chi connectivity index (χ0) is 13.2. The van der Waals surface area contributed by atoms with Crippen molar-refractivity contribution in [3.8, 4) is 0 Å². The molecule has 0 aromatic rings. The van der Waals surface area contributed by atoms with Gasteiger partial charge in [0.05, 0.1) is 6.54 Å². The van der Waals surface area contributed by atoms with Crippen LogP contribution in [-0.4, -0.2) is 65.1 Å². The molecule has 1 saturated heterocycles. The zero-order valence-corrected chi connectivity index (χ0v) is 12.1. The van der Waals surface area contributed by atoms with E-state index in [4.69, 9.17) is 4.74 Å². The van der Waals surface area contributed by atoms with Crippen LogP contribution in [0.2, 0.25) is 0 Å². The molecule has 0 radical (unpaired) electrons. The van der Waals surface area contributed by atoms with Crippen molar-refractivity contribution in [1.29, 1.82) is 0 Å². The smallest absolute Gasteiger partial charge is 0.410 e. The first kappa shape index (κ1) is 13.5. The maximum absolute atomic E-state index is 11.9. The lowest BCUT2D eigenvalue weighted by Gasteiger charge is -2.36. The van der Waals surface area contributed by atoms with Gasteiger partial charge in [-0.25, -0.2) is 4.79 Å². The number of hydrogen-bond donors (Lipinski definition) is 0. The van der Waals surface area contributed by atoms with Crippen molar-refractivity contribution < 1.29 is 9.53 Å². The molecule has 0 aliphatic carbocycles. The van der Waals surface area contributed by atoms with Crippen LogP contribution in [0.1, 0.15) is 20.8 Å². The van der Waals surface area contributed by atoms with E-state index < -0.39 is 5.60 Å². The van der Waals surface area contributed by atoms with Crippen LogP contribution < -0.4 is 0 Å². The topological polar surface area (TPSA) is 45.1 Å². The van der Waals surface area contributed by atoms with Crippen LogP contribution in [0, 0.1) is 0 Å². The number of carbonyl (C=O) groups excluding carboxylic acids is 1. The Labute approximate surface area is 113 Å². The van der Waals surface area contributed by atoms with Crippen LogP contribution in [0.4, 0.5) is 4.79 Å². The van der Waals surface area contributed by atoms with E-state index in [0.717, 1.165) is 30.6 Å². The van der Waals surface area contributed by atoms with Crippen molar-refractivity contribution >= 4 is 23.0 Å². The monoisotopic (exact) mass is 271 g/mol. The van der Waals surface area contributed by atoms with Crippen LogP contribution >= 0.6 is 11.8 Å². The number of hydrogen-bond acceptors (Lipinski definition) is 5. The van der Waals surface area contributed by atoms with Gasteiger partial charge in [-0.05, 0) is 20.8 Å². The Morgan fingerprint density at radius 2 is 1.94 bits per heavy atom. The predicted octanol–water partition coefficient (Wildman–Crippen LogP) is 1.64. The Morgan fingerprint density at radius 1 is 1.28 bits per heavy atom. The number of rotatable bonds is 0. The lowest BCUT2D eigenvalue weighted by Crippen LogP contribution is -2.51. The highest BCUT2D eigenvalue weighted by atomic mass is 32.2. The van der Waals surface area contributed by atoms with Gasteiger partial charge in [0.1, 0.15) is 5.60 Å². The molecule has 0 aromatic heterocycles. The van der Waals surface area contributed by atoms with Crippen LogP contribution in [0.25, 0.3) is 0 Å². The van der Waals surface area contributed by atoms with Crippen LogP contribution in [0.15, 0.2) is 4.99 Å². The largest absolute Gasteiger partial charge is 0.444 e. The van der Waals surface area contributed by atoms with Crippen molar-refractivity contribution in [2.75, 3.05) is 38.5 Å². The molecular weight excluding hydrogens is 250 g/mol. The molecule has 0 atom stereocenters. The Kier molecular flexibility index (Phi) is 4.04. The van der Waals surface area contributed by atoms with Gasteiger partial charge in [-0.1, -0.05) is 11.8 Å². The number of piperazine rings is 1. The molecule has 0 bridgehead atoms. The highest BCUT2D eigenvalue weighted by Crippen LogP contribution is 2.18. The van der Waals surface area contributed by atoms with Crippen LogP contribution in [0.5, 0.6) is 0 Å². The molecule has 2 aliphatic rings. The molecule has 5 nitrogen and oxygen atoms in total. The van der Waals surface area contributed by atoms with Gasteiger partial charge in [-0.3, -0.25) is 4.99 Å². The number of amides is 1. The molecule has 2 heterocycles. The van der Waals surface area contributed by atoms with E-state index in [0.29, 0.717) is 13.1 Å². The lowest BCUT2D eigenvalue weighted by molar-refractivity contribution is 0.0188. The summed E-state index contributed by atoms with van der Waals surface area (Å²) < 4.78 is 5.37. The second-order valence-corrected chi connectivity index (χ2v) is 6.53.